The Balaban J connectivity index is 1.41. The largest absolute Gasteiger partial charge is 0.494 e. The average Bonchev–Trinajstić information content (AvgIpc) is 3.18. The van der Waals surface area contributed by atoms with Crippen molar-refractivity contribution in [2.75, 3.05) is 25.1 Å². The number of anilines is 1. The van der Waals surface area contributed by atoms with Crippen molar-refractivity contribution < 1.29 is 28.6 Å². The third kappa shape index (κ3) is 7.64. The highest BCUT2D eigenvalue weighted by molar-refractivity contribution is 9.10. The van der Waals surface area contributed by atoms with E-state index in [1.165, 1.54) is 0 Å². The minimum absolute atomic E-state index is 0.222. The molecule has 202 valence electrons. The van der Waals surface area contributed by atoms with Gasteiger partial charge in [0.15, 0.2) is 11.5 Å². The van der Waals surface area contributed by atoms with Crippen molar-refractivity contribution in [1.82, 2.24) is 4.90 Å². The minimum Gasteiger partial charge on any atom is -0.494 e. The Morgan fingerprint density at radius 3 is 2.33 bits per heavy atom. The van der Waals surface area contributed by atoms with Crippen LogP contribution in [0.1, 0.15) is 25.0 Å². The molecule has 3 aromatic rings. The molecule has 0 atom stereocenters. The van der Waals surface area contributed by atoms with Gasteiger partial charge in [-0.3, -0.25) is 19.3 Å². The number of imide groups is 1. The summed E-state index contributed by atoms with van der Waals surface area (Å²) in [6.45, 7) is 4.70. The first-order chi connectivity index (χ1) is 18.9. The number of amides is 3. The molecule has 39 heavy (non-hydrogen) atoms. The smallest absolute Gasteiger partial charge is 0.294 e. The van der Waals surface area contributed by atoms with E-state index >= 15 is 0 Å². The van der Waals surface area contributed by atoms with Crippen molar-refractivity contribution >= 4 is 56.5 Å². The Bertz CT molecular complexity index is 1380. The van der Waals surface area contributed by atoms with Crippen LogP contribution < -0.4 is 19.5 Å². The molecule has 8 nitrogen and oxygen atoms in total. The van der Waals surface area contributed by atoms with Gasteiger partial charge in [0.05, 0.1) is 18.1 Å². The summed E-state index contributed by atoms with van der Waals surface area (Å²) in [6.07, 6.45) is 1.61. The van der Waals surface area contributed by atoms with Crippen molar-refractivity contribution in [2.24, 2.45) is 0 Å². The van der Waals surface area contributed by atoms with Crippen LogP contribution in [0.3, 0.4) is 0 Å². The Hall–Kier alpha value is -3.76. The molecule has 0 bridgehead atoms. The minimum atomic E-state index is -0.527. The van der Waals surface area contributed by atoms with Crippen LogP contribution in [0.2, 0.25) is 0 Å². The zero-order valence-corrected chi connectivity index (χ0v) is 23.8. The summed E-state index contributed by atoms with van der Waals surface area (Å²) in [5.74, 6) is 0.769. The van der Waals surface area contributed by atoms with Gasteiger partial charge in [0, 0.05) is 10.2 Å². The summed E-state index contributed by atoms with van der Waals surface area (Å²) in [5, 5.41) is 2.19. The van der Waals surface area contributed by atoms with E-state index in [0.717, 1.165) is 26.7 Å². The van der Waals surface area contributed by atoms with E-state index in [1.54, 1.807) is 48.5 Å². The molecule has 0 radical (unpaired) electrons. The van der Waals surface area contributed by atoms with Crippen LogP contribution in [0.5, 0.6) is 17.2 Å². The summed E-state index contributed by atoms with van der Waals surface area (Å²) >= 11 is 4.21. The van der Waals surface area contributed by atoms with Crippen LogP contribution in [0, 0.1) is 0 Å². The number of rotatable bonds is 11. The lowest BCUT2D eigenvalue weighted by molar-refractivity contribution is -0.127. The van der Waals surface area contributed by atoms with Crippen molar-refractivity contribution in [1.29, 1.82) is 0 Å². The fourth-order valence-electron chi connectivity index (χ4n) is 3.68. The van der Waals surface area contributed by atoms with Gasteiger partial charge in [-0.2, -0.15) is 0 Å². The summed E-state index contributed by atoms with van der Waals surface area (Å²) in [5.41, 5.74) is 2.21. The fourth-order valence-corrected chi connectivity index (χ4v) is 4.78. The van der Waals surface area contributed by atoms with E-state index in [-0.39, 0.29) is 11.4 Å². The number of nitrogens with zero attached hydrogens (tertiary/aromatic N) is 1. The first-order valence-corrected chi connectivity index (χ1v) is 13.9. The number of hydrogen-bond acceptors (Lipinski definition) is 7. The van der Waals surface area contributed by atoms with E-state index in [2.05, 4.69) is 21.2 Å². The van der Waals surface area contributed by atoms with E-state index in [0.29, 0.717) is 48.3 Å². The van der Waals surface area contributed by atoms with E-state index < -0.39 is 17.1 Å². The molecule has 3 aromatic carbocycles. The molecule has 1 heterocycles. The van der Waals surface area contributed by atoms with Crippen LogP contribution in [-0.4, -0.2) is 41.7 Å². The van der Waals surface area contributed by atoms with Crippen LogP contribution in [0.25, 0.3) is 6.08 Å². The number of thioether (sulfide) groups is 1. The summed E-state index contributed by atoms with van der Waals surface area (Å²) < 4.78 is 18.1. The van der Waals surface area contributed by atoms with Crippen LogP contribution in [0.4, 0.5) is 10.5 Å². The van der Waals surface area contributed by atoms with Gasteiger partial charge < -0.3 is 19.5 Å². The normalized spacial score (nSPS) is 14.0. The predicted octanol–water partition coefficient (Wildman–Crippen LogP) is 6.50. The number of carbonyl (C=O) groups is 3. The second kappa shape index (κ2) is 13.3. The molecule has 1 saturated heterocycles. The summed E-state index contributed by atoms with van der Waals surface area (Å²) in [4.78, 5) is 39.2. The van der Waals surface area contributed by atoms with Crippen LogP contribution >= 0.6 is 27.7 Å². The number of halogens is 1. The SMILES string of the molecule is CCOc1ccc(NC(=O)CN2C(=O)S/C(=C/c3ccc(OCc4ccc(Br)cc4)c(OCC)c3)C2=O)cc1. The fraction of sp³-hybridized carbons (Fsp3) is 0.207. The standard InChI is InChI=1S/C29H27BrN2O6S/c1-3-36-23-12-10-22(11-13-23)31-27(33)17-32-28(34)26(39-29(32)35)16-20-7-14-24(25(15-20)37-4-2)38-18-19-5-8-21(30)9-6-19/h5-16H,3-4,17-18H2,1-2H3,(H,31,33)/b26-16+. The monoisotopic (exact) mass is 610 g/mol. The Morgan fingerprint density at radius 1 is 0.923 bits per heavy atom. The first-order valence-electron chi connectivity index (χ1n) is 12.3. The summed E-state index contributed by atoms with van der Waals surface area (Å²) in [6, 6.07) is 20.0. The lowest BCUT2D eigenvalue weighted by Crippen LogP contribution is -2.36. The van der Waals surface area contributed by atoms with Crippen molar-refractivity contribution in [2.45, 2.75) is 20.5 Å². The van der Waals surface area contributed by atoms with Gasteiger partial charge in [0.2, 0.25) is 5.91 Å². The number of ether oxygens (including phenoxy) is 3. The lowest BCUT2D eigenvalue weighted by Gasteiger charge is -2.13. The number of benzene rings is 3. The molecule has 0 spiro atoms. The Kier molecular flexibility index (Phi) is 9.67. The molecule has 1 N–H and O–H groups in total. The molecule has 0 unspecified atom stereocenters. The van der Waals surface area contributed by atoms with E-state index in [4.69, 9.17) is 14.2 Å². The van der Waals surface area contributed by atoms with Crippen molar-refractivity contribution in [3.63, 3.8) is 0 Å². The predicted molar refractivity (Wildman–Crippen MR) is 155 cm³/mol. The molecule has 4 rings (SSSR count). The maximum Gasteiger partial charge on any atom is 0.294 e. The van der Waals surface area contributed by atoms with Crippen LogP contribution in [0.15, 0.2) is 76.1 Å². The molecule has 1 fully saturated rings. The van der Waals surface area contributed by atoms with Gasteiger partial charge in [-0.05, 0) is 91.3 Å². The van der Waals surface area contributed by atoms with Gasteiger partial charge in [0.1, 0.15) is 18.9 Å². The molecule has 0 saturated carbocycles. The van der Waals surface area contributed by atoms with Gasteiger partial charge in [0.25, 0.3) is 11.1 Å². The molecular weight excluding hydrogens is 584 g/mol. The molecule has 3 amide bonds. The zero-order valence-electron chi connectivity index (χ0n) is 21.4. The maximum atomic E-state index is 12.9. The van der Waals surface area contributed by atoms with Gasteiger partial charge in [-0.25, -0.2) is 0 Å². The van der Waals surface area contributed by atoms with Crippen molar-refractivity contribution in [3.05, 3.63) is 87.2 Å². The summed E-state index contributed by atoms with van der Waals surface area (Å²) in [7, 11) is 0. The Morgan fingerprint density at radius 2 is 1.64 bits per heavy atom. The lowest BCUT2D eigenvalue weighted by atomic mass is 10.1. The molecular formula is C29H27BrN2O6S. The molecule has 1 aliphatic rings. The second-order valence-corrected chi connectivity index (χ2v) is 10.2. The zero-order chi connectivity index (χ0) is 27.8. The molecule has 0 aromatic heterocycles. The highest BCUT2D eigenvalue weighted by Crippen LogP contribution is 2.35. The second-order valence-electron chi connectivity index (χ2n) is 8.33. The molecule has 0 aliphatic carbocycles. The first kappa shape index (κ1) is 28.3. The highest BCUT2D eigenvalue weighted by Gasteiger charge is 2.36. The maximum absolute atomic E-state index is 12.9. The van der Waals surface area contributed by atoms with Gasteiger partial charge in [-0.1, -0.05) is 34.1 Å². The number of carbonyl (C=O) groups excluding carboxylic acids is 3. The third-order valence-electron chi connectivity index (χ3n) is 5.50. The molecule has 10 heteroatoms. The Labute approximate surface area is 239 Å². The molecule has 1 aliphatic heterocycles. The van der Waals surface area contributed by atoms with Crippen LogP contribution in [-0.2, 0) is 16.2 Å². The average molecular weight is 612 g/mol. The van der Waals surface area contributed by atoms with Gasteiger partial charge in [-0.15, -0.1) is 0 Å². The van der Waals surface area contributed by atoms with E-state index in [1.807, 2.05) is 38.1 Å². The van der Waals surface area contributed by atoms with Crippen molar-refractivity contribution in [3.8, 4) is 17.2 Å². The van der Waals surface area contributed by atoms with E-state index in [9.17, 15) is 14.4 Å². The number of nitrogens with one attached hydrogen (secondary N) is 1. The quantitative estimate of drug-likeness (QED) is 0.248. The topological polar surface area (TPSA) is 94.2 Å². The highest BCUT2D eigenvalue weighted by atomic mass is 79.9. The van der Waals surface area contributed by atoms with Gasteiger partial charge >= 0.3 is 0 Å². The third-order valence-corrected chi connectivity index (χ3v) is 6.93. The number of hydrogen-bond donors (Lipinski definition) is 1.